The number of anilines is 1. The van der Waals surface area contributed by atoms with Crippen LogP contribution in [0.15, 0.2) is 90.0 Å². The molecular formula is C27H26ClN3O. The molecule has 2 amide bonds. The van der Waals surface area contributed by atoms with Gasteiger partial charge < -0.3 is 5.32 Å². The summed E-state index contributed by atoms with van der Waals surface area (Å²) in [5, 5.41) is 10.2. The van der Waals surface area contributed by atoms with E-state index in [4.69, 9.17) is 16.7 Å². The van der Waals surface area contributed by atoms with Gasteiger partial charge in [-0.25, -0.2) is 9.80 Å². The number of carbonyl (C=O) groups excluding carboxylic acids is 1. The average Bonchev–Trinajstić information content (AvgIpc) is 3.21. The Balaban J connectivity index is 1.46. The summed E-state index contributed by atoms with van der Waals surface area (Å²) in [6.07, 6.45) is 4.26. The van der Waals surface area contributed by atoms with Crippen LogP contribution in [0, 0.1) is 11.8 Å². The molecule has 1 heterocycles. The maximum Gasteiger partial charge on any atom is 0.342 e. The first-order chi connectivity index (χ1) is 15.7. The van der Waals surface area contributed by atoms with E-state index in [0.29, 0.717) is 16.6 Å². The highest BCUT2D eigenvalue weighted by molar-refractivity contribution is 6.30. The monoisotopic (exact) mass is 443 g/mol. The fourth-order valence-electron chi connectivity index (χ4n) is 5.06. The van der Waals surface area contributed by atoms with E-state index in [2.05, 4.69) is 41.7 Å². The van der Waals surface area contributed by atoms with E-state index < -0.39 is 0 Å². The van der Waals surface area contributed by atoms with Gasteiger partial charge in [-0.1, -0.05) is 84.8 Å². The van der Waals surface area contributed by atoms with Crippen LogP contribution in [0.4, 0.5) is 10.5 Å². The molecule has 32 heavy (non-hydrogen) atoms. The third-order valence-electron chi connectivity index (χ3n) is 6.48. The fourth-order valence-corrected chi connectivity index (χ4v) is 5.25. The molecular weight excluding hydrogens is 418 g/mol. The van der Waals surface area contributed by atoms with Crippen LogP contribution in [-0.4, -0.2) is 16.8 Å². The molecule has 0 saturated heterocycles. The molecule has 3 aromatic carbocycles. The number of hydrogen-bond donors (Lipinski definition) is 1. The summed E-state index contributed by atoms with van der Waals surface area (Å²) in [6, 6.07) is 27.8. The molecule has 3 atom stereocenters. The van der Waals surface area contributed by atoms with Crippen molar-refractivity contribution in [1.29, 1.82) is 0 Å². The summed E-state index contributed by atoms with van der Waals surface area (Å²) in [5.41, 5.74) is 4.28. The lowest BCUT2D eigenvalue weighted by atomic mass is 9.73. The Bertz CT molecular complexity index is 1120. The number of hydrogen-bond acceptors (Lipinski definition) is 2. The molecule has 0 aromatic heterocycles. The maximum absolute atomic E-state index is 13.4. The van der Waals surface area contributed by atoms with Crippen molar-refractivity contribution >= 4 is 29.0 Å². The van der Waals surface area contributed by atoms with Gasteiger partial charge >= 0.3 is 6.03 Å². The first-order valence-electron chi connectivity index (χ1n) is 11.2. The number of nitrogens with one attached hydrogen (secondary N) is 1. The quantitative estimate of drug-likeness (QED) is 0.466. The molecule has 1 fully saturated rings. The Hall–Kier alpha value is -3.11. The Morgan fingerprint density at radius 3 is 2.47 bits per heavy atom. The van der Waals surface area contributed by atoms with Crippen molar-refractivity contribution in [2.75, 3.05) is 5.32 Å². The molecule has 162 valence electrons. The molecule has 0 radical (unpaired) electrons. The van der Waals surface area contributed by atoms with E-state index in [0.717, 1.165) is 37.0 Å². The lowest BCUT2D eigenvalue weighted by molar-refractivity contribution is 0.187. The Kier molecular flexibility index (Phi) is 5.95. The summed E-state index contributed by atoms with van der Waals surface area (Å²) in [7, 11) is 0. The first-order valence-corrected chi connectivity index (χ1v) is 11.6. The minimum Gasteiger partial charge on any atom is -0.306 e. The predicted molar refractivity (Wildman–Crippen MR) is 130 cm³/mol. The number of hydrazone groups is 1. The van der Waals surface area contributed by atoms with Crippen molar-refractivity contribution in [3.8, 4) is 0 Å². The van der Waals surface area contributed by atoms with Crippen LogP contribution in [0.3, 0.4) is 0 Å². The van der Waals surface area contributed by atoms with Gasteiger partial charge in [-0.05, 0) is 48.6 Å². The van der Waals surface area contributed by atoms with Crippen LogP contribution >= 0.6 is 11.6 Å². The van der Waals surface area contributed by atoms with Gasteiger partial charge in [-0.15, -0.1) is 0 Å². The van der Waals surface area contributed by atoms with Crippen molar-refractivity contribution in [3.05, 3.63) is 101 Å². The second kappa shape index (κ2) is 9.17. The number of rotatable bonds is 4. The molecule has 1 saturated carbocycles. The van der Waals surface area contributed by atoms with Crippen LogP contribution in [0.5, 0.6) is 0 Å². The van der Waals surface area contributed by atoms with E-state index >= 15 is 0 Å². The molecule has 5 heteroatoms. The van der Waals surface area contributed by atoms with Gasteiger partial charge in [0.15, 0.2) is 0 Å². The largest absolute Gasteiger partial charge is 0.342 e. The van der Waals surface area contributed by atoms with Crippen LogP contribution in [-0.2, 0) is 6.42 Å². The molecule has 1 N–H and O–H groups in total. The van der Waals surface area contributed by atoms with Crippen LogP contribution in [0.1, 0.15) is 36.4 Å². The number of urea groups is 1. The molecule has 0 spiro atoms. The standard InChI is InChI=1S/C27H26ClN3O/c28-22-14-8-15-23(18-22)29-27(32)31-26(20-11-5-2-6-12-20)24-16-7-13-21(25(24)30-31)17-19-9-3-1-4-10-19/h1-6,8-12,14-15,18,21,24,26H,7,13,16-17H2,(H,29,32)/t21-,24-,26+/m0/s1. The SMILES string of the molecule is O=C(Nc1cccc(Cl)c1)N1N=C2[C@H](Cc3ccccc3)CCC[C@@H]2[C@H]1c1ccccc1. The molecule has 3 aromatic rings. The highest BCUT2D eigenvalue weighted by Crippen LogP contribution is 2.45. The van der Waals surface area contributed by atoms with Crippen molar-refractivity contribution in [3.63, 3.8) is 0 Å². The number of amides is 2. The van der Waals surface area contributed by atoms with Crippen LogP contribution < -0.4 is 5.32 Å². The summed E-state index contributed by atoms with van der Waals surface area (Å²) in [4.78, 5) is 13.4. The number of carbonyl (C=O) groups is 1. The van der Waals surface area contributed by atoms with E-state index in [1.54, 1.807) is 17.1 Å². The minimum atomic E-state index is -0.221. The van der Waals surface area contributed by atoms with Gasteiger partial charge in [0.2, 0.25) is 0 Å². The third kappa shape index (κ3) is 4.28. The topological polar surface area (TPSA) is 44.7 Å². The summed E-state index contributed by atoms with van der Waals surface area (Å²) >= 11 is 6.12. The lowest BCUT2D eigenvalue weighted by Gasteiger charge is -2.32. The zero-order valence-corrected chi connectivity index (χ0v) is 18.6. The van der Waals surface area contributed by atoms with E-state index in [-0.39, 0.29) is 18.0 Å². The highest BCUT2D eigenvalue weighted by Gasteiger charge is 2.45. The van der Waals surface area contributed by atoms with Crippen molar-refractivity contribution in [1.82, 2.24) is 5.01 Å². The van der Waals surface area contributed by atoms with Gasteiger partial charge in [0.25, 0.3) is 0 Å². The average molecular weight is 444 g/mol. The van der Waals surface area contributed by atoms with Crippen molar-refractivity contribution < 1.29 is 4.79 Å². The molecule has 0 unspecified atom stereocenters. The molecule has 1 aliphatic carbocycles. The van der Waals surface area contributed by atoms with Crippen molar-refractivity contribution in [2.45, 2.75) is 31.7 Å². The van der Waals surface area contributed by atoms with E-state index in [1.807, 2.05) is 36.4 Å². The zero-order valence-electron chi connectivity index (χ0n) is 17.8. The molecule has 0 bridgehead atoms. The summed E-state index contributed by atoms with van der Waals surface area (Å²) < 4.78 is 0. The van der Waals surface area contributed by atoms with Crippen molar-refractivity contribution in [2.24, 2.45) is 16.9 Å². The number of nitrogens with zero attached hydrogens (tertiary/aromatic N) is 2. The fraction of sp³-hybridized carbons (Fsp3) is 0.259. The summed E-state index contributed by atoms with van der Waals surface area (Å²) in [5.74, 6) is 0.594. The summed E-state index contributed by atoms with van der Waals surface area (Å²) in [6.45, 7) is 0. The van der Waals surface area contributed by atoms with Gasteiger partial charge in [0, 0.05) is 28.3 Å². The van der Waals surface area contributed by atoms with Gasteiger partial charge in [-0.3, -0.25) is 0 Å². The Morgan fingerprint density at radius 2 is 1.72 bits per heavy atom. The number of halogens is 1. The van der Waals surface area contributed by atoms with Gasteiger partial charge in [0.05, 0.1) is 6.04 Å². The van der Waals surface area contributed by atoms with Gasteiger partial charge in [-0.2, -0.15) is 5.10 Å². The van der Waals surface area contributed by atoms with E-state index in [9.17, 15) is 4.79 Å². The first kappa shape index (κ1) is 20.8. The highest BCUT2D eigenvalue weighted by atomic mass is 35.5. The normalized spacial score (nSPS) is 22.2. The Morgan fingerprint density at radius 1 is 0.969 bits per heavy atom. The Labute approximate surface area is 193 Å². The molecule has 2 aliphatic rings. The number of benzene rings is 3. The molecule has 4 nitrogen and oxygen atoms in total. The minimum absolute atomic E-state index is 0.0936. The molecule has 5 rings (SSSR count). The number of fused-ring (bicyclic) bond motifs is 1. The lowest BCUT2D eigenvalue weighted by Crippen LogP contribution is -2.35. The second-order valence-electron chi connectivity index (χ2n) is 8.59. The van der Waals surface area contributed by atoms with Crippen LogP contribution in [0.25, 0.3) is 0 Å². The maximum atomic E-state index is 13.4. The third-order valence-corrected chi connectivity index (χ3v) is 6.72. The van der Waals surface area contributed by atoms with E-state index in [1.165, 1.54) is 5.56 Å². The van der Waals surface area contributed by atoms with Gasteiger partial charge in [0.1, 0.15) is 0 Å². The predicted octanol–water partition coefficient (Wildman–Crippen LogP) is 6.94. The zero-order chi connectivity index (χ0) is 21.9. The second-order valence-corrected chi connectivity index (χ2v) is 9.03. The molecule has 1 aliphatic heterocycles. The smallest absolute Gasteiger partial charge is 0.306 e. The van der Waals surface area contributed by atoms with Crippen LogP contribution in [0.2, 0.25) is 5.02 Å².